The molecule has 0 bridgehead atoms. The number of carboxylic acids is 3. The Labute approximate surface area is 226 Å². The molecule has 1 atom stereocenters. The van der Waals surface area contributed by atoms with Crippen molar-refractivity contribution >= 4 is 53.2 Å². The molecule has 0 radical (unpaired) electrons. The highest BCUT2D eigenvalue weighted by Crippen LogP contribution is 2.40. The molecule has 0 aliphatic rings. The van der Waals surface area contributed by atoms with E-state index in [2.05, 4.69) is 0 Å². The maximum absolute atomic E-state index is 12.2. The third-order valence-electron chi connectivity index (χ3n) is 5.68. The standard InChI is InChI=1S/C26H21Cl2NO9/c1-37-20-10-16(25(33)34)11-21(38-2)22(20)14-5-3-13(4-6-14)7-19(26(35)36)29(12-30)23-17(27)8-15(24(31)32)9-18(23)28/h3-6,8-12,19H,7H2,1-2H3,(H,31,32)(H,33,34)(H,35,36)/t19-/m0/s1. The highest BCUT2D eigenvalue weighted by molar-refractivity contribution is 6.40. The lowest BCUT2D eigenvalue weighted by Crippen LogP contribution is -2.42. The molecule has 3 aromatic rings. The first-order chi connectivity index (χ1) is 18.0. The summed E-state index contributed by atoms with van der Waals surface area (Å²) in [6.45, 7) is 0. The van der Waals surface area contributed by atoms with E-state index < -0.39 is 23.9 Å². The van der Waals surface area contributed by atoms with Gasteiger partial charge < -0.3 is 24.8 Å². The monoisotopic (exact) mass is 561 g/mol. The van der Waals surface area contributed by atoms with Crippen molar-refractivity contribution in [2.45, 2.75) is 12.5 Å². The number of nitrogens with zero attached hydrogens (tertiary/aromatic N) is 1. The predicted octanol–water partition coefficient (Wildman–Crippen LogP) is 4.73. The molecule has 198 valence electrons. The largest absolute Gasteiger partial charge is 0.496 e. The smallest absolute Gasteiger partial charge is 0.335 e. The second kappa shape index (κ2) is 11.8. The van der Waals surface area contributed by atoms with E-state index in [1.54, 1.807) is 24.3 Å². The first-order valence-corrected chi connectivity index (χ1v) is 11.5. The van der Waals surface area contributed by atoms with Crippen LogP contribution < -0.4 is 14.4 Å². The maximum atomic E-state index is 12.2. The summed E-state index contributed by atoms with van der Waals surface area (Å²) in [7, 11) is 2.78. The van der Waals surface area contributed by atoms with Gasteiger partial charge in [0.1, 0.15) is 17.5 Å². The summed E-state index contributed by atoms with van der Waals surface area (Å²) in [6.07, 6.45) is 0.119. The Morgan fingerprint density at radius 1 is 0.868 bits per heavy atom. The van der Waals surface area contributed by atoms with Crippen molar-refractivity contribution in [3.63, 3.8) is 0 Å². The van der Waals surface area contributed by atoms with Gasteiger partial charge in [0.05, 0.1) is 46.6 Å². The number of carbonyl (C=O) groups excluding carboxylic acids is 1. The highest BCUT2D eigenvalue weighted by atomic mass is 35.5. The SMILES string of the molecule is COc1cc(C(=O)O)cc(OC)c1-c1ccc(C[C@@H](C(=O)O)N(C=O)c2c(Cl)cc(C(=O)O)cc2Cl)cc1. The van der Waals surface area contributed by atoms with Gasteiger partial charge in [0.2, 0.25) is 6.41 Å². The summed E-state index contributed by atoms with van der Waals surface area (Å²) in [5, 5.41) is 28.0. The molecule has 0 spiro atoms. The number of rotatable bonds is 11. The number of aliphatic carboxylic acids is 1. The number of carboxylic acid groups (broad SMARTS) is 3. The van der Waals surface area contributed by atoms with Crippen LogP contribution in [0.3, 0.4) is 0 Å². The molecule has 10 nitrogen and oxygen atoms in total. The minimum absolute atomic E-state index is 0.0222. The van der Waals surface area contributed by atoms with E-state index in [1.165, 1.54) is 26.4 Å². The van der Waals surface area contributed by atoms with Gasteiger partial charge in [-0.25, -0.2) is 14.4 Å². The van der Waals surface area contributed by atoms with Crippen molar-refractivity contribution in [3.8, 4) is 22.6 Å². The van der Waals surface area contributed by atoms with Gasteiger partial charge >= 0.3 is 17.9 Å². The number of benzene rings is 3. The van der Waals surface area contributed by atoms with E-state index in [-0.39, 0.29) is 51.2 Å². The Morgan fingerprint density at radius 2 is 1.34 bits per heavy atom. The van der Waals surface area contributed by atoms with Crippen molar-refractivity contribution in [2.24, 2.45) is 0 Å². The average Bonchev–Trinajstić information content (AvgIpc) is 2.88. The lowest BCUT2D eigenvalue weighted by atomic mass is 9.97. The van der Waals surface area contributed by atoms with Crippen LogP contribution in [0.5, 0.6) is 11.5 Å². The van der Waals surface area contributed by atoms with Gasteiger partial charge in [-0.2, -0.15) is 0 Å². The molecule has 38 heavy (non-hydrogen) atoms. The van der Waals surface area contributed by atoms with Crippen LogP contribution >= 0.6 is 23.2 Å². The van der Waals surface area contributed by atoms with Crippen LogP contribution in [0.1, 0.15) is 26.3 Å². The van der Waals surface area contributed by atoms with Gasteiger partial charge in [-0.05, 0) is 35.4 Å². The molecule has 0 aromatic heterocycles. The number of hydrogen-bond acceptors (Lipinski definition) is 6. The molecule has 0 aliphatic heterocycles. The third kappa shape index (κ3) is 5.82. The lowest BCUT2D eigenvalue weighted by molar-refractivity contribution is -0.139. The summed E-state index contributed by atoms with van der Waals surface area (Å²) in [5.74, 6) is -3.26. The summed E-state index contributed by atoms with van der Waals surface area (Å²) in [5.41, 5.74) is 1.25. The number of anilines is 1. The molecule has 1 amide bonds. The molecular weight excluding hydrogens is 541 g/mol. The van der Waals surface area contributed by atoms with Crippen molar-refractivity contribution in [2.75, 3.05) is 19.1 Å². The van der Waals surface area contributed by atoms with Gasteiger partial charge in [0.15, 0.2) is 0 Å². The Bertz CT molecular complexity index is 1360. The average molecular weight is 562 g/mol. The Kier molecular flexibility index (Phi) is 8.82. The van der Waals surface area contributed by atoms with E-state index in [0.29, 0.717) is 16.7 Å². The normalized spacial score (nSPS) is 11.4. The van der Waals surface area contributed by atoms with Crippen LogP contribution in [0.25, 0.3) is 11.1 Å². The molecular formula is C26H21Cl2NO9. The number of amides is 1. The van der Waals surface area contributed by atoms with E-state index in [4.69, 9.17) is 32.7 Å². The van der Waals surface area contributed by atoms with Crippen molar-refractivity contribution < 1.29 is 44.0 Å². The van der Waals surface area contributed by atoms with E-state index in [0.717, 1.165) is 17.0 Å². The predicted molar refractivity (Wildman–Crippen MR) is 139 cm³/mol. The van der Waals surface area contributed by atoms with Crippen molar-refractivity contribution in [3.05, 3.63) is 75.3 Å². The fourth-order valence-corrected chi connectivity index (χ4v) is 4.56. The van der Waals surface area contributed by atoms with E-state index in [1.807, 2.05) is 0 Å². The minimum atomic E-state index is -1.43. The van der Waals surface area contributed by atoms with Gasteiger partial charge in [0, 0.05) is 6.42 Å². The fourth-order valence-electron chi connectivity index (χ4n) is 3.87. The number of methoxy groups -OCH3 is 2. The van der Waals surface area contributed by atoms with Gasteiger partial charge in [-0.1, -0.05) is 47.5 Å². The summed E-state index contributed by atoms with van der Waals surface area (Å²) >= 11 is 12.4. The molecule has 0 heterocycles. The molecule has 0 saturated heterocycles. The molecule has 0 fully saturated rings. The van der Waals surface area contributed by atoms with Crippen LogP contribution in [-0.4, -0.2) is 59.9 Å². The number of ether oxygens (including phenoxy) is 2. The molecule has 3 N–H and O–H groups in total. The molecule has 3 aromatic carbocycles. The Hall–Kier alpha value is -4.28. The van der Waals surface area contributed by atoms with Crippen LogP contribution in [-0.2, 0) is 16.0 Å². The van der Waals surface area contributed by atoms with Crippen LogP contribution in [0.15, 0.2) is 48.5 Å². The topological polar surface area (TPSA) is 151 Å². The molecule has 0 aliphatic carbocycles. The van der Waals surface area contributed by atoms with Crippen LogP contribution in [0, 0.1) is 0 Å². The third-order valence-corrected chi connectivity index (χ3v) is 6.26. The molecule has 0 unspecified atom stereocenters. The second-order valence-electron chi connectivity index (χ2n) is 7.92. The van der Waals surface area contributed by atoms with E-state index in [9.17, 15) is 34.5 Å². The zero-order valence-electron chi connectivity index (χ0n) is 20.0. The van der Waals surface area contributed by atoms with Crippen molar-refractivity contribution in [1.29, 1.82) is 0 Å². The highest BCUT2D eigenvalue weighted by Gasteiger charge is 2.30. The number of aromatic carboxylic acids is 2. The van der Waals surface area contributed by atoms with Gasteiger partial charge in [-0.15, -0.1) is 0 Å². The Morgan fingerprint density at radius 3 is 1.74 bits per heavy atom. The second-order valence-corrected chi connectivity index (χ2v) is 8.74. The number of carbonyl (C=O) groups is 4. The first kappa shape index (κ1) is 28.3. The van der Waals surface area contributed by atoms with Gasteiger partial charge in [0.25, 0.3) is 0 Å². The number of halogens is 2. The minimum Gasteiger partial charge on any atom is -0.496 e. The Balaban J connectivity index is 1.98. The molecule has 3 rings (SSSR count). The lowest BCUT2D eigenvalue weighted by Gasteiger charge is -2.27. The summed E-state index contributed by atoms with van der Waals surface area (Å²) < 4.78 is 10.7. The zero-order chi connectivity index (χ0) is 28.1. The van der Waals surface area contributed by atoms with Crippen molar-refractivity contribution in [1.82, 2.24) is 0 Å². The molecule has 0 saturated carbocycles. The molecule has 12 heteroatoms. The van der Waals surface area contributed by atoms with Crippen LogP contribution in [0.4, 0.5) is 5.69 Å². The fraction of sp³-hybridized carbons (Fsp3) is 0.154. The van der Waals surface area contributed by atoms with Crippen LogP contribution in [0.2, 0.25) is 10.0 Å². The zero-order valence-corrected chi connectivity index (χ0v) is 21.5. The summed E-state index contributed by atoms with van der Waals surface area (Å²) in [6, 6.07) is 10.0. The quantitative estimate of drug-likeness (QED) is 0.282. The van der Waals surface area contributed by atoms with E-state index >= 15 is 0 Å². The maximum Gasteiger partial charge on any atom is 0.335 e. The summed E-state index contributed by atoms with van der Waals surface area (Å²) in [4.78, 5) is 47.7. The van der Waals surface area contributed by atoms with Gasteiger partial charge in [-0.3, -0.25) is 9.69 Å². The first-order valence-electron chi connectivity index (χ1n) is 10.8. The number of hydrogen-bond donors (Lipinski definition) is 3.